The summed E-state index contributed by atoms with van der Waals surface area (Å²) in [7, 11) is 0. The van der Waals surface area contributed by atoms with Gasteiger partial charge in [0, 0.05) is 128 Å². The SMILES string of the molecule is CC(=O)C=C(C)O.CC(=O)C=C(C)O.CC(=O)C=C(C)O.Cc1cc(C(C)(C)C)cc(C)c1-c1cc2ccc(-c3[c-]ccc4c3oc3ccccc34)nc2o1.Cc1cc(C)c(-c2cc3ccc(-c4[c-]ccc5c4oc4ccccc45)nc3o2)c(C)c1.Cc1cc(C)cc(-c2cc3ccc(-c4[c-]ccc5c4oc4ccccc45)nc3o2)c1.[Ir].[Ir].[Ir]. The summed E-state index contributed by atoms with van der Waals surface area (Å²) in [5.41, 5.74) is 25.0. The van der Waals surface area contributed by atoms with Crippen molar-refractivity contribution >= 4 is 116 Å². The Morgan fingerprint density at radius 1 is 0.345 bits per heavy atom. The van der Waals surface area contributed by atoms with Crippen LogP contribution in [0.5, 0.6) is 0 Å². The number of fused-ring (bicyclic) bond motifs is 12. The number of hydrogen-bond donors (Lipinski definition) is 3. The summed E-state index contributed by atoms with van der Waals surface area (Å²) in [4.78, 5) is 44.6. The summed E-state index contributed by atoms with van der Waals surface area (Å²) in [5.74, 6) is 2.33. The molecule has 0 saturated heterocycles. The minimum absolute atomic E-state index is 0. The van der Waals surface area contributed by atoms with Crippen molar-refractivity contribution in [3.05, 3.63) is 304 Å². The molecule has 9 aromatic carbocycles. The quantitative estimate of drug-likeness (QED) is 0.0693. The number of furan rings is 6. The number of allylic oxidation sites excluding steroid dienone is 6. The van der Waals surface area contributed by atoms with Crippen LogP contribution in [0, 0.1) is 66.7 Å². The van der Waals surface area contributed by atoms with Gasteiger partial charge in [0.2, 0.25) is 17.1 Å². The summed E-state index contributed by atoms with van der Waals surface area (Å²) in [6.45, 7) is 30.1. The van der Waals surface area contributed by atoms with Gasteiger partial charge in [-0.2, -0.15) is 0 Å². The van der Waals surface area contributed by atoms with Gasteiger partial charge >= 0.3 is 0 Å². The molecule has 3 radical (unpaired) electrons. The first-order valence-corrected chi connectivity index (χ1v) is 38.0. The van der Waals surface area contributed by atoms with Crippen LogP contribution in [-0.2, 0) is 80.1 Å². The van der Waals surface area contributed by atoms with E-state index in [-0.39, 0.29) is 100 Å². The number of hydrogen-bond acceptors (Lipinski definition) is 15. The Bertz CT molecular complexity index is 6780. The molecule has 0 unspecified atom stereocenters. The van der Waals surface area contributed by atoms with Crippen molar-refractivity contribution in [2.75, 3.05) is 0 Å². The number of nitrogens with zero attached hydrogens (tertiary/aromatic N) is 3. The second-order valence-electron chi connectivity index (χ2n) is 30.3. The van der Waals surface area contributed by atoms with Crippen molar-refractivity contribution in [2.24, 2.45) is 0 Å². The molecule has 0 fully saturated rings. The van der Waals surface area contributed by atoms with Crippen LogP contribution in [-0.4, -0.2) is 47.6 Å². The molecule has 0 aliphatic carbocycles. The normalized spacial score (nSPS) is 11.5. The molecule has 18 aromatic rings. The number of aliphatic hydroxyl groups is 3. The molecule has 18 heteroatoms. The van der Waals surface area contributed by atoms with Crippen molar-refractivity contribution in [1.82, 2.24) is 15.0 Å². The molecule has 0 bridgehead atoms. The van der Waals surface area contributed by atoms with E-state index in [1.54, 1.807) is 0 Å². The van der Waals surface area contributed by atoms with Crippen LogP contribution in [0.15, 0.2) is 268 Å². The van der Waals surface area contributed by atoms with E-state index in [4.69, 9.17) is 56.8 Å². The van der Waals surface area contributed by atoms with Crippen molar-refractivity contribution in [2.45, 2.75) is 116 Å². The zero-order valence-electron chi connectivity index (χ0n) is 68.7. The monoisotopic (exact) mass is 2110 g/mol. The van der Waals surface area contributed by atoms with E-state index in [9.17, 15) is 14.4 Å². The number of aryl methyl sites for hydroxylation is 7. The number of carbonyl (C=O) groups excluding carboxylic acids is 3. The fraction of sp³-hybridized carbons (Fsp3) is 0.168. The van der Waals surface area contributed by atoms with Crippen LogP contribution >= 0.6 is 0 Å². The molecule has 0 spiro atoms. The van der Waals surface area contributed by atoms with E-state index < -0.39 is 0 Å². The third-order valence-corrected chi connectivity index (χ3v) is 19.2. The van der Waals surface area contributed by atoms with Gasteiger partial charge in [0.25, 0.3) is 0 Å². The number of ketones is 3. The van der Waals surface area contributed by atoms with Crippen LogP contribution in [0.25, 0.3) is 167 Å². The second-order valence-corrected chi connectivity index (χ2v) is 30.3. The Kier molecular flexibility index (Phi) is 28.7. The van der Waals surface area contributed by atoms with Crippen molar-refractivity contribution in [1.29, 1.82) is 0 Å². The molecule has 119 heavy (non-hydrogen) atoms. The first-order chi connectivity index (χ1) is 55.4. The Labute approximate surface area is 730 Å². The maximum atomic E-state index is 10.0. The Morgan fingerprint density at radius 3 is 0.941 bits per heavy atom. The third-order valence-electron chi connectivity index (χ3n) is 19.2. The van der Waals surface area contributed by atoms with Crippen LogP contribution in [0.2, 0.25) is 0 Å². The van der Waals surface area contributed by atoms with E-state index in [1.807, 2.05) is 121 Å². The van der Waals surface area contributed by atoms with E-state index in [2.05, 4.69) is 172 Å². The second kappa shape index (κ2) is 38.2. The van der Waals surface area contributed by atoms with Gasteiger partial charge in [-0.05, 0) is 189 Å². The summed E-state index contributed by atoms with van der Waals surface area (Å²) >= 11 is 0. The number of aliphatic hydroxyl groups excluding tert-OH is 3. The van der Waals surface area contributed by atoms with Crippen LogP contribution < -0.4 is 0 Å². The van der Waals surface area contributed by atoms with E-state index >= 15 is 0 Å². The van der Waals surface area contributed by atoms with Gasteiger partial charge in [0.1, 0.15) is 34.0 Å². The number of benzene rings is 9. The molecule has 609 valence electrons. The molecule has 3 N–H and O–H groups in total. The predicted octanol–water partition coefficient (Wildman–Crippen LogP) is 27.1. The summed E-state index contributed by atoms with van der Waals surface area (Å²) in [6, 6.07) is 79.8. The van der Waals surface area contributed by atoms with Gasteiger partial charge in [0.05, 0.1) is 34.0 Å². The maximum Gasteiger partial charge on any atom is 0.217 e. The molecule has 0 saturated carbocycles. The fourth-order valence-electron chi connectivity index (χ4n) is 14.6. The molecular formula is C101H88Ir3N3O12-3. The Hall–Kier alpha value is -12.0. The molecular weight excluding hydrogens is 2020 g/mol. The van der Waals surface area contributed by atoms with Crippen molar-refractivity contribution in [3.8, 4) is 67.7 Å². The average molecular weight is 2110 g/mol. The zero-order chi connectivity index (χ0) is 82.6. The topological polar surface area (TPSA) is 229 Å². The number of rotatable bonds is 9. The standard InChI is InChI=1S/C31H26NO2.C28H20NO2.C27H18NO2.3C5H8O2.3Ir/c1-18-15-21(31(3,4)5)16-19(2)28(18)27-17-20-13-14-25(32-30(20)34-27)24-11-8-10-23-22-9-6-7-12-26(22)33-29(23)24;1-16-13-17(2)26(18(3)14-16)25-15-19-11-12-23(29-28(19)31-25)22-9-6-8-21-20-7-4-5-10-24(20)30-27(21)22;1-16-12-17(2)14-19(13-16)25-15-18-10-11-23(28-27(18)30-25)22-8-5-7-21-20-6-3-4-9-24(20)29-26(21)22;3*1-4(6)3-5(2)7;;;/h6-10,12-17H,1-5H3;4-8,10-15H,1-3H3;3-7,9-15H,1-2H3;3*3,6H,1-2H3;;;/q3*-1;;;;;;. The maximum absolute atomic E-state index is 10.0. The Morgan fingerprint density at radius 2 is 0.639 bits per heavy atom. The fourth-order valence-corrected chi connectivity index (χ4v) is 14.6. The van der Waals surface area contributed by atoms with Gasteiger partial charge in [-0.1, -0.05) is 192 Å². The molecule has 9 heterocycles. The molecule has 0 amide bonds. The summed E-state index contributed by atoms with van der Waals surface area (Å²) < 4.78 is 37.2. The van der Waals surface area contributed by atoms with Gasteiger partial charge in [-0.25, -0.2) is 0 Å². The summed E-state index contributed by atoms with van der Waals surface area (Å²) in [6.07, 6.45) is 3.50. The molecule has 0 atom stereocenters. The summed E-state index contributed by atoms with van der Waals surface area (Å²) in [5, 5.41) is 34.5. The van der Waals surface area contributed by atoms with Gasteiger partial charge in [-0.3, -0.25) is 29.3 Å². The molecule has 15 nitrogen and oxygen atoms in total. The van der Waals surface area contributed by atoms with Crippen LogP contribution in [0.4, 0.5) is 0 Å². The smallest absolute Gasteiger partial charge is 0.217 e. The van der Waals surface area contributed by atoms with E-state index in [0.717, 1.165) is 150 Å². The van der Waals surface area contributed by atoms with Crippen molar-refractivity contribution < 1.29 is 117 Å². The van der Waals surface area contributed by atoms with Crippen molar-refractivity contribution in [3.63, 3.8) is 0 Å². The first kappa shape index (κ1) is 89.4. The number of aromatic nitrogens is 3. The molecule has 0 aliphatic rings. The number of carbonyl (C=O) groups is 3. The van der Waals surface area contributed by atoms with Gasteiger partial charge in [-0.15, -0.1) is 54.6 Å². The average Bonchev–Trinajstić information content (AvgIpc) is 1.63. The predicted molar refractivity (Wildman–Crippen MR) is 466 cm³/mol. The minimum atomic E-state index is -0.125. The third kappa shape index (κ3) is 20.6. The zero-order valence-corrected chi connectivity index (χ0v) is 75.9. The van der Waals surface area contributed by atoms with Crippen LogP contribution in [0.1, 0.15) is 107 Å². The molecule has 0 aliphatic heterocycles. The van der Waals surface area contributed by atoms with E-state index in [1.165, 1.54) is 104 Å². The molecule has 18 rings (SSSR count). The van der Waals surface area contributed by atoms with Gasteiger partial charge < -0.3 is 41.8 Å². The Balaban J connectivity index is 0.000000165. The van der Waals surface area contributed by atoms with Crippen LogP contribution in [0.3, 0.4) is 0 Å². The first-order valence-electron chi connectivity index (χ1n) is 38.0. The minimum Gasteiger partial charge on any atom is -0.512 e. The molecule has 9 aromatic heterocycles. The van der Waals surface area contributed by atoms with E-state index in [0.29, 0.717) is 17.1 Å². The number of pyridine rings is 3. The number of para-hydroxylation sites is 3. The largest absolute Gasteiger partial charge is 0.512 e. The van der Waals surface area contributed by atoms with Gasteiger partial charge in [0.15, 0.2) is 17.3 Å².